The van der Waals surface area contributed by atoms with Gasteiger partial charge in [-0.15, -0.1) is 0 Å². The van der Waals surface area contributed by atoms with Crippen LogP contribution in [0.4, 0.5) is 0 Å². The maximum absolute atomic E-state index is 5.48. The summed E-state index contributed by atoms with van der Waals surface area (Å²) in [6, 6.07) is 0. The van der Waals surface area contributed by atoms with E-state index < -0.39 is 0 Å². The minimum Gasteiger partial charge on any atom is -0.380 e. The van der Waals surface area contributed by atoms with Crippen molar-refractivity contribution in [1.29, 1.82) is 0 Å². The van der Waals surface area contributed by atoms with E-state index in [2.05, 4.69) is 48.5 Å². The molecule has 84 valence electrons. The fourth-order valence-electron chi connectivity index (χ4n) is 2.48. The van der Waals surface area contributed by atoms with Crippen LogP contribution in [-0.2, 0) is 4.74 Å². The van der Waals surface area contributed by atoms with Crippen LogP contribution in [0, 0.1) is 22.2 Å². The molecule has 1 fully saturated rings. The molecule has 1 heterocycles. The highest BCUT2D eigenvalue weighted by Crippen LogP contribution is 2.55. The highest BCUT2D eigenvalue weighted by molar-refractivity contribution is 5.01. The van der Waals surface area contributed by atoms with Crippen molar-refractivity contribution in [3.05, 3.63) is 0 Å². The largest absolute Gasteiger partial charge is 0.380 e. The maximum atomic E-state index is 5.48. The van der Waals surface area contributed by atoms with Gasteiger partial charge < -0.3 is 4.74 Å². The third-order valence-electron chi connectivity index (χ3n) is 4.34. The van der Waals surface area contributed by atoms with E-state index in [9.17, 15) is 0 Å². The molecule has 0 spiro atoms. The summed E-state index contributed by atoms with van der Waals surface area (Å²) in [6.45, 7) is 18.3. The van der Waals surface area contributed by atoms with E-state index in [0.717, 1.165) is 13.2 Å². The minimum absolute atomic E-state index is 0.345. The van der Waals surface area contributed by atoms with E-state index in [1.54, 1.807) is 0 Å². The molecule has 0 saturated carbocycles. The summed E-state index contributed by atoms with van der Waals surface area (Å²) in [5.74, 6) is 0.698. The summed E-state index contributed by atoms with van der Waals surface area (Å²) in [5.41, 5.74) is 1.10. The van der Waals surface area contributed by atoms with Crippen LogP contribution in [0.1, 0.15) is 48.5 Å². The number of hydrogen-bond donors (Lipinski definition) is 0. The van der Waals surface area contributed by atoms with E-state index >= 15 is 0 Å². The average molecular weight is 198 g/mol. The average Bonchev–Trinajstić information content (AvgIpc) is 1.77. The van der Waals surface area contributed by atoms with Crippen molar-refractivity contribution < 1.29 is 4.74 Å². The molecule has 0 radical (unpaired) electrons. The van der Waals surface area contributed by atoms with E-state index in [4.69, 9.17) is 4.74 Å². The van der Waals surface area contributed by atoms with Gasteiger partial charge in [0.05, 0.1) is 13.2 Å². The van der Waals surface area contributed by atoms with Gasteiger partial charge in [-0.25, -0.2) is 0 Å². The molecule has 0 amide bonds. The van der Waals surface area contributed by atoms with Crippen LogP contribution in [0.25, 0.3) is 0 Å². The van der Waals surface area contributed by atoms with Crippen molar-refractivity contribution in [2.45, 2.75) is 48.5 Å². The smallest absolute Gasteiger partial charge is 0.0552 e. The Morgan fingerprint density at radius 1 is 1.00 bits per heavy atom. The zero-order valence-corrected chi connectivity index (χ0v) is 10.9. The molecular weight excluding hydrogens is 172 g/mol. The van der Waals surface area contributed by atoms with Gasteiger partial charge in [0.15, 0.2) is 0 Å². The number of rotatable bonds is 1. The first-order valence-corrected chi connectivity index (χ1v) is 5.69. The normalized spacial score (nSPS) is 24.2. The SMILES string of the molecule is CC(C(C)(C)C)C1(C(C)(C)C)COC1. The standard InChI is InChI=1S/C13H26O/c1-10(11(2,3)4)13(8-14-9-13)12(5,6)7/h10H,8-9H2,1-7H3. The van der Waals surface area contributed by atoms with Gasteiger partial charge in [-0.3, -0.25) is 0 Å². The van der Waals surface area contributed by atoms with Gasteiger partial charge in [-0.05, 0) is 16.7 Å². The lowest BCUT2D eigenvalue weighted by atomic mass is 9.53. The third kappa shape index (κ3) is 1.71. The first-order valence-electron chi connectivity index (χ1n) is 5.69. The second-order valence-corrected chi connectivity index (χ2v) is 6.99. The van der Waals surface area contributed by atoms with E-state index in [0.29, 0.717) is 22.2 Å². The van der Waals surface area contributed by atoms with Gasteiger partial charge in [-0.1, -0.05) is 48.5 Å². The highest BCUT2D eigenvalue weighted by atomic mass is 16.5. The summed E-state index contributed by atoms with van der Waals surface area (Å²) in [7, 11) is 0. The van der Waals surface area contributed by atoms with Gasteiger partial charge in [0.2, 0.25) is 0 Å². The maximum Gasteiger partial charge on any atom is 0.0552 e. The van der Waals surface area contributed by atoms with E-state index in [-0.39, 0.29) is 0 Å². The molecular formula is C13H26O. The van der Waals surface area contributed by atoms with Crippen LogP contribution in [0.5, 0.6) is 0 Å². The molecule has 0 aliphatic carbocycles. The Morgan fingerprint density at radius 3 is 1.50 bits per heavy atom. The van der Waals surface area contributed by atoms with Crippen LogP contribution >= 0.6 is 0 Å². The summed E-state index contributed by atoms with van der Waals surface area (Å²) < 4.78 is 5.48. The van der Waals surface area contributed by atoms with Crippen molar-refractivity contribution in [1.82, 2.24) is 0 Å². The Bertz CT molecular complexity index is 200. The fraction of sp³-hybridized carbons (Fsp3) is 1.00. The van der Waals surface area contributed by atoms with Gasteiger partial charge in [0.1, 0.15) is 0 Å². The number of ether oxygens (including phenoxy) is 1. The molecule has 1 atom stereocenters. The van der Waals surface area contributed by atoms with Gasteiger partial charge >= 0.3 is 0 Å². The highest BCUT2D eigenvalue weighted by Gasteiger charge is 2.54. The van der Waals surface area contributed by atoms with Gasteiger partial charge in [-0.2, -0.15) is 0 Å². The zero-order valence-electron chi connectivity index (χ0n) is 10.9. The van der Waals surface area contributed by atoms with Crippen LogP contribution in [0.2, 0.25) is 0 Å². The summed E-state index contributed by atoms with van der Waals surface area (Å²) >= 11 is 0. The molecule has 1 aliphatic heterocycles. The van der Waals surface area contributed by atoms with Crippen LogP contribution in [0.15, 0.2) is 0 Å². The summed E-state index contributed by atoms with van der Waals surface area (Å²) in [4.78, 5) is 0. The van der Waals surface area contributed by atoms with Crippen LogP contribution in [0.3, 0.4) is 0 Å². The lowest BCUT2D eigenvalue weighted by Crippen LogP contribution is -2.58. The molecule has 1 nitrogen and oxygen atoms in total. The van der Waals surface area contributed by atoms with Crippen molar-refractivity contribution in [2.24, 2.45) is 22.2 Å². The van der Waals surface area contributed by atoms with Crippen molar-refractivity contribution in [2.75, 3.05) is 13.2 Å². The minimum atomic E-state index is 0.345. The lowest BCUT2D eigenvalue weighted by molar-refractivity contribution is -0.216. The molecule has 0 N–H and O–H groups in total. The molecule has 1 heteroatoms. The summed E-state index contributed by atoms with van der Waals surface area (Å²) in [5, 5.41) is 0. The summed E-state index contributed by atoms with van der Waals surface area (Å²) in [6.07, 6.45) is 0. The first kappa shape index (κ1) is 12.0. The first-order chi connectivity index (χ1) is 6.11. The van der Waals surface area contributed by atoms with Gasteiger partial charge in [0, 0.05) is 5.41 Å². The molecule has 0 bridgehead atoms. The Balaban J connectivity index is 2.92. The zero-order chi connectivity index (χ0) is 11.2. The Hall–Kier alpha value is -0.0400. The molecule has 0 aromatic heterocycles. The monoisotopic (exact) mass is 198 g/mol. The molecule has 1 unspecified atom stereocenters. The Kier molecular flexibility index (Phi) is 2.78. The fourth-order valence-corrected chi connectivity index (χ4v) is 2.48. The predicted molar refractivity (Wildman–Crippen MR) is 61.3 cm³/mol. The van der Waals surface area contributed by atoms with Crippen LogP contribution < -0.4 is 0 Å². The van der Waals surface area contributed by atoms with Crippen molar-refractivity contribution in [3.63, 3.8) is 0 Å². The molecule has 0 aromatic carbocycles. The van der Waals surface area contributed by atoms with Crippen LogP contribution in [-0.4, -0.2) is 13.2 Å². The Labute approximate surface area is 89.2 Å². The topological polar surface area (TPSA) is 9.23 Å². The predicted octanol–water partition coefficient (Wildman–Crippen LogP) is 3.73. The molecule has 0 aromatic rings. The quantitative estimate of drug-likeness (QED) is 0.624. The molecule has 1 aliphatic rings. The third-order valence-corrected chi connectivity index (χ3v) is 4.34. The number of hydrogen-bond acceptors (Lipinski definition) is 1. The van der Waals surface area contributed by atoms with E-state index in [1.165, 1.54) is 0 Å². The second-order valence-electron chi connectivity index (χ2n) is 6.99. The van der Waals surface area contributed by atoms with Gasteiger partial charge in [0.25, 0.3) is 0 Å². The molecule has 1 rings (SSSR count). The van der Waals surface area contributed by atoms with Crippen molar-refractivity contribution >= 4 is 0 Å². The molecule has 14 heavy (non-hydrogen) atoms. The lowest BCUT2D eigenvalue weighted by Gasteiger charge is -2.58. The second kappa shape index (κ2) is 3.23. The molecule has 1 saturated heterocycles. The van der Waals surface area contributed by atoms with E-state index in [1.807, 2.05) is 0 Å². The van der Waals surface area contributed by atoms with Crippen molar-refractivity contribution in [3.8, 4) is 0 Å². The Morgan fingerprint density at radius 2 is 1.43 bits per heavy atom.